The summed E-state index contributed by atoms with van der Waals surface area (Å²) in [5.74, 6) is -0.168. The zero-order chi connectivity index (χ0) is 17.1. The number of carbonyl (C=O) groups is 1. The van der Waals surface area contributed by atoms with Gasteiger partial charge < -0.3 is 4.74 Å². The summed E-state index contributed by atoms with van der Waals surface area (Å²) >= 11 is 5.68. The number of aryl methyl sites for hydroxylation is 2. The molecule has 0 fully saturated rings. The van der Waals surface area contributed by atoms with Crippen molar-refractivity contribution in [2.24, 2.45) is 0 Å². The molecule has 0 radical (unpaired) electrons. The van der Waals surface area contributed by atoms with Gasteiger partial charge in [-0.1, -0.05) is 32.0 Å². The van der Waals surface area contributed by atoms with Crippen LogP contribution in [0.5, 0.6) is 0 Å². The number of nitrogens with one attached hydrogen (secondary N) is 1. The number of tetrazole rings is 1. The fraction of sp³-hybridized carbons (Fsp3) is 0.467. The lowest BCUT2D eigenvalue weighted by atomic mass is 10.0. The van der Waals surface area contributed by atoms with Crippen LogP contribution in [0.4, 0.5) is 5.69 Å². The number of amides is 1. The number of hydrogen-bond donors (Lipinski definition) is 1. The topological polar surface area (TPSA) is 84.0 Å². The highest BCUT2D eigenvalue weighted by Gasteiger charge is 2.19. The first-order valence-corrected chi connectivity index (χ1v) is 7.86. The van der Waals surface area contributed by atoms with E-state index < -0.39 is 0 Å². The van der Waals surface area contributed by atoms with E-state index in [1.54, 1.807) is 12.0 Å². The molecule has 7 nitrogen and oxygen atoms in total. The number of benzene rings is 1. The maximum absolute atomic E-state index is 12.0. The summed E-state index contributed by atoms with van der Waals surface area (Å²) in [4.78, 5) is 13.6. The molecule has 1 aromatic heterocycles. The Balaban J connectivity index is 0.000000446. The fourth-order valence-corrected chi connectivity index (χ4v) is 2.30. The largest absolute Gasteiger partial charge is 0.364 e. The van der Waals surface area contributed by atoms with Gasteiger partial charge in [0.15, 0.2) is 0 Å². The zero-order valence-corrected chi connectivity index (χ0v) is 14.4. The van der Waals surface area contributed by atoms with E-state index in [1.807, 2.05) is 18.2 Å². The molecule has 0 saturated heterocycles. The summed E-state index contributed by atoms with van der Waals surface area (Å²) in [5.41, 5.74) is 3.24. The van der Waals surface area contributed by atoms with Gasteiger partial charge in [0.05, 0.1) is 5.69 Å². The monoisotopic (exact) mass is 339 g/mol. The minimum atomic E-state index is -0.130. The number of hydrogen-bond acceptors (Lipinski definition) is 5. The second-order valence-electron chi connectivity index (χ2n) is 4.57. The molecule has 1 amide bonds. The molecule has 8 heteroatoms. The lowest BCUT2D eigenvalue weighted by molar-refractivity contribution is -0.117. The van der Waals surface area contributed by atoms with E-state index in [0.29, 0.717) is 0 Å². The summed E-state index contributed by atoms with van der Waals surface area (Å²) < 4.78 is 5.13. The van der Waals surface area contributed by atoms with Gasteiger partial charge >= 0.3 is 0 Å². The van der Waals surface area contributed by atoms with Crippen molar-refractivity contribution in [3.8, 4) is 0 Å². The molecule has 0 aliphatic carbocycles. The average Bonchev–Trinajstić information content (AvgIpc) is 3.18. The number of para-hydroxylation sites is 1. The molecule has 1 heterocycles. The van der Waals surface area contributed by atoms with Crippen LogP contribution in [-0.4, -0.2) is 46.3 Å². The summed E-state index contributed by atoms with van der Waals surface area (Å²) in [6, 6.07) is 6.11. The molecule has 2 aromatic rings. The summed E-state index contributed by atoms with van der Waals surface area (Å²) in [6.07, 6.45) is 3.15. The molecule has 0 saturated carbocycles. The minimum absolute atomic E-state index is 0.0371. The molecular weight excluding hydrogens is 318 g/mol. The number of alkyl halides is 1. The van der Waals surface area contributed by atoms with E-state index in [1.165, 1.54) is 6.33 Å². The lowest BCUT2D eigenvalue weighted by Crippen LogP contribution is -2.35. The summed E-state index contributed by atoms with van der Waals surface area (Å²) in [6.45, 7) is 4.39. The number of rotatable bonds is 6. The van der Waals surface area contributed by atoms with Gasteiger partial charge in [-0.15, -0.1) is 16.7 Å². The van der Waals surface area contributed by atoms with Gasteiger partial charge in [-0.2, -0.15) is 0 Å². The first-order valence-electron chi connectivity index (χ1n) is 7.32. The fourth-order valence-electron chi connectivity index (χ4n) is 2.15. The molecule has 23 heavy (non-hydrogen) atoms. The molecule has 1 aromatic carbocycles. The van der Waals surface area contributed by atoms with Crippen LogP contribution in [-0.2, 0) is 22.4 Å². The van der Waals surface area contributed by atoms with E-state index in [4.69, 9.17) is 16.3 Å². The maximum atomic E-state index is 12.0. The van der Waals surface area contributed by atoms with E-state index in [2.05, 4.69) is 34.5 Å². The van der Waals surface area contributed by atoms with Crippen molar-refractivity contribution in [1.82, 2.24) is 20.6 Å². The summed E-state index contributed by atoms with van der Waals surface area (Å²) in [7, 11) is 1.58. The third-order valence-electron chi connectivity index (χ3n) is 3.18. The van der Waals surface area contributed by atoms with Gasteiger partial charge in [-0.05, 0) is 34.4 Å². The van der Waals surface area contributed by atoms with Crippen LogP contribution in [0.3, 0.4) is 0 Å². The molecule has 126 valence electrons. The quantitative estimate of drug-likeness (QED) is 0.644. The van der Waals surface area contributed by atoms with Crippen molar-refractivity contribution < 1.29 is 9.53 Å². The number of nitrogens with zero attached hydrogens (tertiary/aromatic N) is 4. The van der Waals surface area contributed by atoms with E-state index in [0.717, 1.165) is 29.7 Å². The first-order chi connectivity index (χ1) is 11.2. The predicted molar refractivity (Wildman–Crippen MR) is 89.5 cm³/mol. The van der Waals surface area contributed by atoms with Gasteiger partial charge in [0, 0.05) is 7.11 Å². The number of carbonyl (C=O) groups excluding carboxylic acids is 1. The number of ether oxygens (including phenoxy) is 1. The second kappa shape index (κ2) is 10.7. The number of anilines is 1. The van der Waals surface area contributed by atoms with Crippen LogP contribution in [0.15, 0.2) is 24.5 Å². The number of methoxy groups -OCH3 is 1. The molecule has 0 aliphatic heterocycles. The lowest BCUT2D eigenvalue weighted by Gasteiger charge is -2.26. The van der Waals surface area contributed by atoms with Gasteiger partial charge in [0.1, 0.15) is 18.9 Å². The van der Waals surface area contributed by atoms with Gasteiger partial charge in [0.2, 0.25) is 5.91 Å². The first kappa shape index (κ1) is 19.1. The minimum Gasteiger partial charge on any atom is -0.364 e. The smallest absolute Gasteiger partial charge is 0.243 e. The van der Waals surface area contributed by atoms with Crippen molar-refractivity contribution in [2.45, 2.75) is 26.7 Å². The Hall–Kier alpha value is -1.99. The molecule has 0 unspecified atom stereocenters. The Bertz CT molecular complexity index is 538. The Morgan fingerprint density at radius 3 is 2.30 bits per heavy atom. The Kier molecular flexibility index (Phi) is 8.86. The van der Waals surface area contributed by atoms with Crippen molar-refractivity contribution in [3.05, 3.63) is 35.7 Å². The number of halogens is 1. The van der Waals surface area contributed by atoms with E-state index in [-0.39, 0.29) is 18.5 Å². The highest BCUT2D eigenvalue weighted by atomic mass is 35.5. The van der Waals surface area contributed by atoms with Crippen molar-refractivity contribution >= 4 is 23.2 Å². The van der Waals surface area contributed by atoms with Crippen LogP contribution in [0.25, 0.3) is 0 Å². The normalized spacial score (nSPS) is 9.91. The van der Waals surface area contributed by atoms with Crippen LogP contribution in [0.2, 0.25) is 0 Å². The third kappa shape index (κ3) is 5.61. The van der Waals surface area contributed by atoms with Crippen molar-refractivity contribution in [2.75, 3.05) is 24.6 Å². The van der Waals surface area contributed by atoms with E-state index in [9.17, 15) is 4.79 Å². The molecule has 0 spiro atoms. The van der Waals surface area contributed by atoms with Crippen molar-refractivity contribution in [3.63, 3.8) is 0 Å². The van der Waals surface area contributed by atoms with Crippen LogP contribution in [0.1, 0.15) is 25.0 Å². The predicted octanol–water partition coefficient (Wildman–Crippen LogP) is 2.19. The number of H-pyrrole nitrogens is 1. The van der Waals surface area contributed by atoms with Crippen molar-refractivity contribution in [1.29, 1.82) is 0 Å². The van der Waals surface area contributed by atoms with Gasteiger partial charge in [-0.25, -0.2) is 5.10 Å². The number of aromatic amines is 1. The van der Waals surface area contributed by atoms with Crippen LogP contribution in [0, 0.1) is 0 Å². The second-order valence-corrected chi connectivity index (χ2v) is 4.84. The molecular formula is C15H22ClN5O2. The maximum Gasteiger partial charge on any atom is 0.243 e. The molecule has 0 bridgehead atoms. The third-order valence-corrected chi connectivity index (χ3v) is 3.41. The van der Waals surface area contributed by atoms with Crippen LogP contribution >= 0.6 is 11.6 Å². The summed E-state index contributed by atoms with van der Waals surface area (Å²) in [5, 5.41) is 12.1. The average molecular weight is 340 g/mol. The zero-order valence-electron chi connectivity index (χ0n) is 13.6. The highest BCUT2D eigenvalue weighted by molar-refractivity contribution is 6.29. The molecule has 0 aliphatic rings. The standard InChI is InChI=1S/C14H20ClNO2.CH2N4/c1-4-11-7-6-8-12(5-2)14(11)16(10-18-3)13(17)9-15;1-2-4-5-3-1/h6-8H,4-5,9-10H2,1-3H3;1H,(H,2,3,4,5). The molecule has 2 rings (SSSR count). The van der Waals surface area contributed by atoms with Gasteiger partial charge in [-0.3, -0.25) is 9.69 Å². The SMILES string of the molecule is CCc1cccc(CC)c1N(COC)C(=O)CCl.c1nnn[nH]1. The molecule has 1 N–H and O–H groups in total. The number of aromatic nitrogens is 4. The Labute approximate surface area is 141 Å². The van der Waals surface area contributed by atoms with E-state index >= 15 is 0 Å². The Morgan fingerprint density at radius 1 is 1.30 bits per heavy atom. The molecule has 0 atom stereocenters. The van der Waals surface area contributed by atoms with Crippen LogP contribution < -0.4 is 4.90 Å². The Morgan fingerprint density at radius 2 is 1.96 bits per heavy atom. The highest BCUT2D eigenvalue weighted by Crippen LogP contribution is 2.27. The van der Waals surface area contributed by atoms with Gasteiger partial charge in [0.25, 0.3) is 0 Å².